The van der Waals surface area contributed by atoms with Crippen molar-refractivity contribution in [3.63, 3.8) is 0 Å². The number of hydrogen-bond acceptors (Lipinski definition) is 5. The SMILES string of the molecule is NC(=O)c1cnc(Oc2ccc(CNCCC3CCCCC3)cc2)cn1. The lowest BCUT2D eigenvalue weighted by Crippen LogP contribution is -2.19. The molecule has 1 heterocycles. The van der Waals surface area contributed by atoms with Gasteiger partial charge in [-0.15, -0.1) is 0 Å². The quantitative estimate of drug-likeness (QED) is 0.709. The van der Waals surface area contributed by atoms with Crippen LogP contribution in [0.3, 0.4) is 0 Å². The number of nitrogens with zero attached hydrogens (tertiary/aromatic N) is 2. The number of ether oxygens (including phenoxy) is 1. The second-order valence-electron chi connectivity index (χ2n) is 6.82. The average molecular weight is 354 g/mol. The van der Waals surface area contributed by atoms with Gasteiger partial charge in [-0.2, -0.15) is 0 Å². The van der Waals surface area contributed by atoms with Gasteiger partial charge in [-0.05, 0) is 36.6 Å². The second kappa shape index (κ2) is 9.29. The molecule has 6 nitrogen and oxygen atoms in total. The molecule has 1 aliphatic carbocycles. The van der Waals surface area contributed by atoms with Gasteiger partial charge in [-0.25, -0.2) is 9.97 Å². The standard InChI is InChI=1S/C20H26N4O2/c21-20(25)18-13-24-19(14-23-18)26-17-8-6-16(7-9-17)12-22-11-10-15-4-2-1-3-5-15/h6-9,13-15,22H,1-5,10-12H2,(H2,21,25). The first-order chi connectivity index (χ1) is 12.7. The molecule has 1 aromatic carbocycles. The van der Waals surface area contributed by atoms with Crippen molar-refractivity contribution in [1.29, 1.82) is 0 Å². The first kappa shape index (κ1) is 18.3. The summed E-state index contributed by atoms with van der Waals surface area (Å²) in [5.74, 6) is 1.31. The fourth-order valence-electron chi connectivity index (χ4n) is 3.31. The number of carbonyl (C=O) groups is 1. The average Bonchev–Trinajstić information content (AvgIpc) is 2.68. The van der Waals surface area contributed by atoms with Gasteiger partial charge in [-0.3, -0.25) is 4.79 Å². The van der Waals surface area contributed by atoms with Gasteiger partial charge in [0.05, 0.1) is 12.4 Å². The number of hydrogen-bond donors (Lipinski definition) is 2. The normalized spacial score (nSPS) is 14.9. The molecule has 1 fully saturated rings. The van der Waals surface area contributed by atoms with E-state index in [4.69, 9.17) is 10.5 Å². The molecule has 1 aliphatic rings. The van der Waals surface area contributed by atoms with Crippen LogP contribution >= 0.6 is 0 Å². The van der Waals surface area contributed by atoms with Crippen LogP contribution < -0.4 is 15.8 Å². The van der Waals surface area contributed by atoms with Gasteiger partial charge in [0.25, 0.3) is 5.91 Å². The van der Waals surface area contributed by atoms with Gasteiger partial charge < -0.3 is 15.8 Å². The smallest absolute Gasteiger partial charge is 0.268 e. The lowest BCUT2D eigenvalue weighted by atomic mass is 9.87. The summed E-state index contributed by atoms with van der Waals surface area (Å²) in [4.78, 5) is 18.9. The van der Waals surface area contributed by atoms with E-state index < -0.39 is 5.91 Å². The highest BCUT2D eigenvalue weighted by atomic mass is 16.5. The molecule has 3 N–H and O–H groups in total. The number of rotatable bonds is 8. The molecular weight excluding hydrogens is 328 g/mol. The number of carbonyl (C=O) groups excluding carboxylic acids is 1. The Kier molecular flexibility index (Phi) is 6.55. The molecule has 0 spiro atoms. The van der Waals surface area contributed by atoms with Crippen molar-refractivity contribution in [3.8, 4) is 11.6 Å². The zero-order valence-electron chi connectivity index (χ0n) is 15.0. The highest BCUT2D eigenvalue weighted by molar-refractivity contribution is 5.90. The number of benzene rings is 1. The highest BCUT2D eigenvalue weighted by Gasteiger charge is 2.12. The predicted molar refractivity (Wildman–Crippen MR) is 100.0 cm³/mol. The van der Waals surface area contributed by atoms with Crippen molar-refractivity contribution >= 4 is 5.91 Å². The third-order valence-electron chi connectivity index (χ3n) is 4.81. The molecule has 3 rings (SSSR count). The predicted octanol–water partition coefficient (Wildman–Crippen LogP) is 3.43. The summed E-state index contributed by atoms with van der Waals surface area (Å²) >= 11 is 0. The Bertz CT molecular complexity index is 695. The molecule has 0 aliphatic heterocycles. The van der Waals surface area contributed by atoms with Crippen LogP contribution in [0.4, 0.5) is 0 Å². The van der Waals surface area contributed by atoms with E-state index in [9.17, 15) is 4.79 Å². The van der Waals surface area contributed by atoms with Crippen LogP contribution in [0.15, 0.2) is 36.7 Å². The summed E-state index contributed by atoms with van der Waals surface area (Å²) in [5.41, 5.74) is 6.47. The first-order valence-electron chi connectivity index (χ1n) is 9.30. The summed E-state index contributed by atoms with van der Waals surface area (Å²) < 4.78 is 5.63. The summed E-state index contributed by atoms with van der Waals surface area (Å²) in [6, 6.07) is 7.88. The van der Waals surface area contributed by atoms with E-state index in [1.165, 1.54) is 56.5 Å². The Morgan fingerprint density at radius 3 is 2.54 bits per heavy atom. The summed E-state index contributed by atoms with van der Waals surface area (Å²) in [5, 5.41) is 3.53. The summed E-state index contributed by atoms with van der Waals surface area (Å²) in [6.45, 7) is 1.94. The van der Waals surface area contributed by atoms with Crippen molar-refractivity contribution in [2.75, 3.05) is 6.54 Å². The number of nitrogens with two attached hydrogens (primary N) is 1. The number of primary amides is 1. The Hall–Kier alpha value is -2.47. The molecule has 0 bridgehead atoms. The van der Waals surface area contributed by atoms with Crippen molar-refractivity contribution < 1.29 is 9.53 Å². The van der Waals surface area contributed by atoms with Crippen LogP contribution in [0.5, 0.6) is 11.6 Å². The van der Waals surface area contributed by atoms with Crippen molar-refractivity contribution in [2.24, 2.45) is 11.7 Å². The Morgan fingerprint density at radius 2 is 1.88 bits per heavy atom. The minimum absolute atomic E-state index is 0.118. The fraction of sp³-hybridized carbons (Fsp3) is 0.450. The molecule has 2 aromatic rings. The van der Waals surface area contributed by atoms with E-state index in [0.29, 0.717) is 11.6 Å². The minimum atomic E-state index is -0.607. The number of nitrogens with one attached hydrogen (secondary N) is 1. The minimum Gasteiger partial charge on any atom is -0.438 e. The maximum atomic E-state index is 11.0. The molecule has 0 atom stereocenters. The van der Waals surface area contributed by atoms with E-state index >= 15 is 0 Å². The molecule has 26 heavy (non-hydrogen) atoms. The van der Waals surface area contributed by atoms with Crippen LogP contribution in [-0.2, 0) is 6.54 Å². The Balaban J connectivity index is 1.42. The Morgan fingerprint density at radius 1 is 1.12 bits per heavy atom. The lowest BCUT2D eigenvalue weighted by molar-refractivity contribution is 0.0995. The number of aromatic nitrogens is 2. The molecular formula is C20H26N4O2. The van der Waals surface area contributed by atoms with Gasteiger partial charge in [0.2, 0.25) is 5.88 Å². The molecule has 0 radical (unpaired) electrons. The van der Waals surface area contributed by atoms with E-state index in [-0.39, 0.29) is 5.69 Å². The van der Waals surface area contributed by atoms with Gasteiger partial charge >= 0.3 is 0 Å². The van der Waals surface area contributed by atoms with Gasteiger partial charge in [0.1, 0.15) is 11.4 Å². The molecule has 6 heteroatoms. The maximum Gasteiger partial charge on any atom is 0.268 e. The highest BCUT2D eigenvalue weighted by Crippen LogP contribution is 2.25. The van der Waals surface area contributed by atoms with Gasteiger partial charge in [0, 0.05) is 6.54 Å². The summed E-state index contributed by atoms with van der Waals surface area (Å²) in [7, 11) is 0. The monoisotopic (exact) mass is 354 g/mol. The van der Waals surface area contributed by atoms with Crippen LogP contribution in [0.25, 0.3) is 0 Å². The van der Waals surface area contributed by atoms with Crippen molar-refractivity contribution in [2.45, 2.75) is 45.1 Å². The van der Waals surface area contributed by atoms with Crippen LogP contribution in [0.2, 0.25) is 0 Å². The zero-order chi connectivity index (χ0) is 18.2. The molecule has 1 saturated carbocycles. The van der Waals surface area contributed by atoms with Crippen LogP contribution in [0, 0.1) is 5.92 Å². The first-order valence-corrected chi connectivity index (χ1v) is 9.30. The summed E-state index contributed by atoms with van der Waals surface area (Å²) in [6.07, 6.45) is 11.0. The molecule has 138 valence electrons. The molecule has 0 saturated heterocycles. The number of amides is 1. The maximum absolute atomic E-state index is 11.0. The second-order valence-corrected chi connectivity index (χ2v) is 6.82. The van der Waals surface area contributed by atoms with Crippen molar-refractivity contribution in [3.05, 3.63) is 47.9 Å². The van der Waals surface area contributed by atoms with E-state index in [0.717, 1.165) is 19.0 Å². The topological polar surface area (TPSA) is 90.1 Å². The lowest BCUT2D eigenvalue weighted by Gasteiger charge is -2.21. The third kappa shape index (κ3) is 5.52. The third-order valence-corrected chi connectivity index (χ3v) is 4.81. The van der Waals surface area contributed by atoms with Gasteiger partial charge in [0.15, 0.2) is 0 Å². The van der Waals surface area contributed by atoms with Crippen molar-refractivity contribution in [1.82, 2.24) is 15.3 Å². The van der Waals surface area contributed by atoms with Gasteiger partial charge in [-0.1, -0.05) is 44.2 Å². The van der Waals surface area contributed by atoms with Crippen LogP contribution in [-0.4, -0.2) is 22.4 Å². The van der Waals surface area contributed by atoms with E-state index in [1.807, 2.05) is 24.3 Å². The largest absolute Gasteiger partial charge is 0.438 e. The van der Waals surface area contributed by atoms with E-state index in [1.54, 1.807) is 0 Å². The fourth-order valence-corrected chi connectivity index (χ4v) is 3.31. The molecule has 1 amide bonds. The molecule has 0 unspecified atom stereocenters. The zero-order valence-corrected chi connectivity index (χ0v) is 15.0. The Labute approximate surface area is 154 Å². The molecule has 1 aromatic heterocycles. The van der Waals surface area contributed by atoms with Crippen LogP contribution in [0.1, 0.15) is 54.6 Å². The van der Waals surface area contributed by atoms with E-state index in [2.05, 4.69) is 15.3 Å².